The second-order valence-electron chi connectivity index (χ2n) is 1.77. The van der Waals surface area contributed by atoms with Crippen molar-refractivity contribution in [3.05, 3.63) is 0 Å². The van der Waals surface area contributed by atoms with Crippen LogP contribution in [0.1, 0.15) is 20.3 Å². The van der Waals surface area contributed by atoms with Gasteiger partial charge in [0.15, 0.2) is 0 Å². The summed E-state index contributed by atoms with van der Waals surface area (Å²) in [5.41, 5.74) is 5.33. The lowest BCUT2D eigenvalue weighted by Gasteiger charge is -2.05. The van der Waals surface area contributed by atoms with Crippen LogP contribution in [0.3, 0.4) is 0 Å². The number of carbonyl (C=O) groups excluding carboxylic acids is 1. The van der Waals surface area contributed by atoms with Crippen LogP contribution in [0.25, 0.3) is 0 Å². The fraction of sp³-hybridized carbons (Fsp3) is 0.833. The van der Waals surface area contributed by atoms with Gasteiger partial charge in [-0.2, -0.15) is 0 Å². The second-order valence-corrected chi connectivity index (χ2v) is 1.77. The molecule has 0 saturated heterocycles. The van der Waals surface area contributed by atoms with Gasteiger partial charge >= 0.3 is 5.97 Å². The molecule has 0 radical (unpaired) electrons. The minimum atomic E-state index is -0.440. The zero-order chi connectivity index (χ0) is 7.28. The molecule has 1 atom stereocenters. The van der Waals surface area contributed by atoms with E-state index in [0.717, 1.165) is 0 Å². The molecule has 0 aromatic heterocycles. The SMILES string of the molecule is CCOC(=O)[C@@H](N)CC. The molecule has 0 aliphatic heterocycles. The molecule has 0 fully saturated rings. The van der Waals surface area contributed by atoms with Crippen LogP contribution >= 0.6 is 0 Å². The van der Waals surface area contributed by atoms with Crippen molar-refractivity contribution in [2.75, 3.05) is 6.61 Å². The van der Waals surface area contributed by atoms with Crippen LogP contribution in [-0.2, 0) is 9.53 Å². The smallest absolute Gasteiger partial charge is 0.322 e. The van der Waals surface area contributed by atoms with E-state index in [4.69, 9.17) is 5.73 Å². The molecule has 0 saturated carbocycles. The predicted molar refractivity (Wildman–Crippen MR) is 34.9 cm³/mol. The van der Waals surface area contributed by atoms with Crippen molar-refractivity contribution in [3.8, 4) is 0 Å². The summed E-state index contributed by atoms with van der Waals surface area (Å²) in [6.07, 6.45) is 0.638. The third-order valence-corrected chi connectivity index (χ3v) is 1.03. The highest BCUT2D eigenvalue weighted by molar-refractivity contribution is 5.75. The average Bonchev–Trinajstić information content (AvgIpc) is 1.87. The first kappa shape index (κ1) is 8.43. The Morgan fingerprint density at radius 1 is 1.67 bits per heavy atom. The summed E-state index contributed by atoms with van der Waals surface area (Å²) in [5, 5.41) is 0. The largest absolute Gasteiger partial charge is 0.465 e. The maximum Gasteiger partial charge on any atom is 0.322 e. The van der Waals surface area contributed by atoms with E-state index in [1.54, 1.807) is 6.92 Å². The normalized spacial score (nSPS) is 12.8. The van der Waals surface area contributed by atoms with Crippen LogP contribution in [0.5, 0.6) is 0 Å². The van der Waals surface area contributed by atoms with Gasteiger partial charge in [-0.15, -0.1) is 0 Å². The Kier molecular flexibility index (Phi) is 4.05. The van der Waals surface area contributed by atoms with Crippen LogP contribution in [0.2, 0.25) is 0 Å². The number of ether oxygens (including phenoxy) is 1. The van der Waals surface area contributed by atoms with Crippen molar-refractivity contribution in [2.24, 2.45) is 5.73 Å². The fourth-order valence-corrected chi connectivity index (χ4v) is 0.416. The number of nitrogens with two attached hydrogens (primary N) is 1. The second kappa shape index (κ2) is 4.32. The molecule has 0 unspecified atom stereocenters. The van der Waals surface area contributed by atoms with Crippen LogP contribution in [-0.4, -0.2) is 18.6 Å². The zero-order valence-electron chi connectivity index (χ0n) is 5.89. The minimum absolute atomic E-state index is 0.306. The van der Waals surface area contributed by atoms with Crippen molar-refractivity contribution in [1.82, 2.24) is 0 Å². The van der Waals surface area contributed by atoms with Gasteiger partial charge in [0.25, 0.3) is 0 Å². The van der Waals surface area contributed by atoms with Crippen molar-refractivity contribution >= 4 is 5.97 Å². The van der Waals surface area contributed by atoms with Crippen LogP contribution in [0, 0.1) is 0 Å². The van der Waals surface area contributed by atoms with Crippen molar-refractivity contribution in [1.29, 1.82) is 0 Å². The topological polar surface area (TPSA) is 52.3 Å². The number of hydrogen-bond donors (Lipinski definition) is 1. The maximum atomic E-state index is 10.6. The van der Waals surface area contributed by atoms with E-state index in [9.17, 15) is 4.79 Å². The fourth-order valence-electron chi connectivity index (χ4n) is 0.416. The standard InChI is InChI=1S/C6H13NO2/c1-3-5(7)6(8)9-4-2/h5H,3-4,7H2,1-2H3/t5-/m0/s1. The first-order valence-corrected chi connectivity index (χ1v) is 3.14. The van der Waals surface area contributed by atoms with E-state index in [0.29, 0.717) is 13.0 Å². The lowest BCUT2D eigenvalue weighted by atomic mass is 10.2. The molecule has 3 nitrogen and oxygen atoms in total. The summed E-state index contributed by atoms with van der Waals surface area (Å²) in [6, 6.07) is -0.440. The summed E-state index contributed by atoms with van der Waals surface area (Å²) in [6.45, 7) is 4.02. The molecule has 0 heterocycles. The molecule has 3 heteroatoms. The zero-order valence-corrected chi connectivity index (χ0v) is 5.89. The quantitative estimate of drug-likeness (QED) is 0.560. The molecular weight excluding hydrogens is 118 g/mol. The van der Waals surface area contributed by atoms with E-state index in [2.05, 4.69) is 4.74 Å². The molecule has 0 spiro atoms. The lowest BCUT2D eigenvalue weighted by Crippen LogP contribution is -2.31. The summed E-state index contributed by atoms with van der Waals surface area (Å²) in [5.74, 6) is -0.306. The third-order valence-electron chi connectivity index (χ3n) is 1.03. The Bertz CT molecular complexity index is 93.1. The van der Waals surface area contributed by atoms with Gasteiger partial charge < -0.3 is 10.5 Å². The van der Waals surface area contributed by atoms with E-state index < -0.39 is 6.04 Å². The molecular formula is C6H13NO2. The average molecular weight is 131 g/mol. The maximum absolute atomic E-state index is 10.6. The molecule has 0 rings (SSSR count). The third kappa shape index (κ3) is 3.08. The van der Waals surface area contributed by atoms with Crippen LogP contribution < -0.4 is 5.73 Å². The molecule has 0 aromatic rings. The highest BCUT2D eigenvalue weighted by Gasteiger charge is 2.10. The van der Waals surface area contributed by atoms with E-state index >= 15 is 0 Å². The number of esters is 1. The molecule has 0 bridgehead atoms. The van der Waals surface area contributed by atoms with Crippen molar-refractivity contribution < 1.29 is 9.53 Å². The van der Waals surface area contributed by atoms with Crippen molar-refractivity contribution in [3.63, 3.8) is 0 Å². The molecule has 0 aliphatic carbocycles. The first-order valence-electron chi connectivity index (χ1n) is 3.14. The highest BCUT2D eigenvalue weighted by Crippen LogP contribution is 1.89. The highest BCUT2D eigenvalue weighted by atomic mass is 16.5. The lowest BCUT2D eigenvalue weighted by molar-refractivity contribution is -0.144. The summed E-state index contributed by atoms with van der Waals surface area (Å²) in [4.78, 5) is 10.6. The Morgan fingerprint density at radius 2 is 2.22 bits per heavy atom. The van der Waals surface area contributed by atoms with E-state index in [-0.39, 0.29) is 5.97 Å². The Balaban J connectivity index is 3.46. The van der Waals surface area contributed by atoms with Gasteiger partial charge in [0.05, 0.1) is 6.61 Å². The van der Waals surface area contributed by atoms with Crippen LogP contribution in [0.15, 0.2) is 0 Å². The van der Waals surface area contributed by atoms with Gasteiger partial charge in [-0.05, 0) is 13.3 Å². The number of carbonyl (C=O) groups is 1. The number of hydrogen-bond acceptors (Lipinski definition) is 3. The summed E-state index contributed by atoms with van der Waals surface area (Å²) >= 11 is 0. The van der Waals surface area contributed by atoms with Gasteiger partial charge in [0.1, 0.15) is 6.04 Å². The van der Waals surface area contributed by atoms with E-state index in [1.165, 1.54) is 0 Å². The molecule has 0 aromatic carbocycles. The van der Waals surface area contributed by atoms with Gasteiger partial charge in [0, 0.05) is 0 Å². The Hall–Kier alpha value is -0.570. The Morgan fingerprint density at radius 3 is 2.56 bits per heavy atom. The van der Waals surface area contributed by atoms with Gasteiger partial charge in [-0.1, -0.05) is 6.92 Å². The van der Waals surface area contributed by atoms with E-state index in [1.807, 2.05) is 6.92 Å². The molecule has 2 N–H and O–H groups in total. The summed E-state index contributed by atoms with van der Waals surface area (Å²) in [7, 11) is 0. The number of rotatable bonds is 3. The summed E-state index contributed by atoms with van der Waals surface area (Å²) < 4.78 is 4.63. The van der Waals surface area contributed by atoms with Gasteiger partial charge in [-0.3, -0.25) is 4.79 Å². The predicted octanol–water partition coefficient (Wildman–Crippen LogP) is 0.287. The molecule has 0 aliphatic rings. The van der Waals surface area contributed by atoms with Gasteiger partial charge in [-0.25, -0.2) is 0 Å². The molecule has 54 valence electrons. The molecule has 0 amide bonds. The molecule has 9 heavy (non-hydrogen) atoms. The van der Waals surface area contributed by atoms with Gasteiger partial charge in [0.2, 0.25) is 0 Å². The monoisotopic (exact) mass is 131 g/mol. The Labute approximate surface area is 55.2 Å². The van der Waals surface area contributed by atoms with Crippen molar-refractivity contribution in [2.45, 2.75) is 26.3 Å². The minimum Gasteiger partial charge on any atom is -0.465 e. The first-order chi connectivity index (χ1) is 4.22. The van der Waals surface area contributed by atoms with Crippen LogP contribution in [0.4, 0.5) is 0 Å².